The lowest BCUT2D eigenvalue weighted by Gasteiger charge is -2.01. The SMILES string of the molecule is COc1cccc(-c2nc3nc(N)ccc3[nH]2)c1. The van der Waals surface area contributed by atoms with Crippen molar-refractivity contribution in [2.45, 2.75) is 0 Å². The van der Waals surface area contributed by atoms with Gasteiger partial charge in [-0.3, -0.25) is 0 Å². The summed E-state index contributed by atoms with van der Waals surface area (Å²) in [4.78, 5) is 11.8. The lowest BCUT2D eigenvalue weighted by molar-refractivity contribution is 0.415. The summed E-state index contributed by atoms with van der Waals surface area (Å²) in [6.07, 6.45) is 0. The van der Waals surface area contributed by atoms with Gasteiger partial charge < -0.3 is 15.5 Å². The zero-order valence-corrected chi connectivity index (χ0v) is 9.84. The summed E-state index contributed by atoms with van der Waals surface area (Å²) >= 11 is 0. The van der Waals surface area contributed by atoms with E-state index in [9.17, 15) is 0 Å². The van der Waals surface area contributed by atoms with E-state index < -0.39 is 0 Å². The molecule has 18 heavy (non-hydrogen) atoms. The van der Waals surface area contributed by atoms with Crippen LogP contribution in [0, 0.1) is 0 Å². The van der Waals surface area contributed by atoms with E-state index in [2.05, 4.69) is 15.0 Å². The molecule has 0 atom stereocenters. The van der Waals surface area contributed by atoms with E-state index in [1.165, 1.54) is 0 Å². The van der Waals surface area contributed by atoms with Gasteiger partial charge >= 0.3 is 0 Å². The molecule has 5 heteroatoms. The van der Waals surface area contributed by atoms with Gasteiger partial charge in [-0.25, -0.2) is 9.97 Å². The first kappa shape index (κ1) is 10.6. The highest BCUT2D eigenvalue weighted by Crippen LogP contribution is 2.23. The molecular weight excluding hydrogens is 228 g/mol. The predicted molar refractivity (Wildman–Crippen MR) is 70.3 cm³/mol. The van der Waals surface area contributed by atoms with Gasteiger partial charge in [-0.1, -0.05) is 12.1 Å². The largest absolute Gasteiger partial charge is 0.497 e. The van der Waals surface area contributed by atoms with Gasteiger partial charge in [0, 0.05) is 5.56 Å². The number of pyridine rings is 1. The van der Waals surface area contributed by atoms with Crippen molar-refractivity contribution < 1.29 is 4.74 Å². The van der Waals surface area contributed by atoms with Gasteiger partial charge in [-0.2, -0.15) is 0 Å². The number of H-pyrrole nitrogens is 1. The number of nitrogens with zero attached hydrogens (tertiary/aromatic N) is 2. The Hall–Kier alpha value is -2.56. The second-order valence-corrected chi connectivity index (χ2v) is 3.92. The highest BCUT2D eigenvalue weighted by Gasteiger charge is 2.07. The number of benzene rings is 1. The molecule has 3 N–H and O–H groups in total. The number of nitrogens with two attached hydrogens (primary N) is 1. The Bertz CT molecular complexity index is 705. The maximum absolute atomic E-state index is 5.63. The Labute approximate surface area is 104 Å². The summed E-state index contributed by atoms with van der Waals surface area (Å²) in [7, 11) is 1.64. The molecule has 0 aliphatic carbocycles. The van der Waals surface area contributed by atoms with Crippen LogP contribution in [-0.4, -0.2) is 22.1 Å². The number of hydrogen-bond acceptors (Lipinski definition) is 4. The molecule has 0 bridgehead atoms. The summed E-state index contributed by atoms with van der Waals surface area (Å²) < 4.78 is 5.19. The van der Waals surface area contributed by atoms with Gasteiger partial charge in [0.1, 0.15) is 17.4 Å². The minimum atomic E-state index is 0.464. The molecule has 2 heterocycles. The normalized spacial score (nSPS) is 10.7. The first-order valence-corrected chi connectivity index (χ1v) is 5.53. The average molecular weight is 240 g/mol. The van der Waals surface area contributed by atoms with Gasteiger partial charge in [0.2, 0.25) is 0 Å². The summed E-state index contributed by atoms with van der Waals surface area (Å²) in [5.74, 6) is 2.01. The molecule has 0 saturated heterocycles. The van der Waals surface area contributed by atoms with E-state index in [-0.39, 0.29) is 0 Å². The summed E-state index contributed by atoms with van der Waals surface area (Å²) in [5.41, 5.74) is 8.06. The van der Waals surface area contributed by atoms with Gasteiger partial charge in [0.15, 0.2) is 5.65 Å². The van der Waals surface area contributed by atoms with Crippen molar-refractivity contribution in [3.63, 3.8) is 0 Å². The second-order valence-electron chi connectivity index (χ2n) is 3.92. The third-order valence-electron chi connectivity index (χ3n) is 2.71. The highest BCUT2D eigenvalue weighted by atomic mass is 16.5. The number of aromatic amines is 1. The first-order chi connectivity index (χ1) is 8.76. The number of anilines is 1. The fourth-order valence-corrected chi connectivity index (χ4v) is 1.81. The standard InChI is InChI=1S/C13H12N4O/c1-18-9-4-2-3-8(7-9)12-15-10-5-6-11(14)16-13(10)17-12/h2-7H,1H3,(H3,14,15,16,17). The Morgan fingerprint density at radius 3 is 2.89 bits per heavy atom. The highest BCUT2D eigenvalue weighted by molar-refractivity contribution is 5.77. The quantitative estimate of drug-likeness (QED) is 0.720. The molecule has 5 nitrogen and oxygen atoms in total. The molecule has 0 radical (unpaired) electrons. The van der Waals surface area contributed by atoms with E-state index in [4.69, 9.17) is 10.5 Å². The van der Waals surface area contributed by atoms with Crippen LogP contribution in [0.1, 0.15) is 0 Å². The van der Waals surface area contributed by atoms with Crippen molar-refractivity contribution in [1.82, 2.24) is 15.0 Å². The number of nitrogen functional groups attached to an aromatic ring is 1. The van der Waals surface area contributed by atoms with Gasteiger partial charge in [-0.15, -0.1) is 0 Å². The van der Waals surface area contributed by atoms with Crippen LogP contribution in [0.15, 0.2) is 36.4 Å². The number of fused-ring (bicyclic) bond motifs is 1. The van der Waals surface area contributed by atoms with Crippen LogP contribution in [0.25, 0.3) is 22.6 Å². The number of nitrogens with one attached hydrogen (secondary N) is 1. The van der Waals surface area contributed by atoms with Gasteiger partial charge in [-0.05, 0) is 24.3 Å². The van der Waals surface area contributed by atoms with Crippen LogP contribution in [0.2, 0.25) is 0 Å². The average Bonchev–Trinajstić information content (AvgIpc) is 2.81. The molecule has 0 amide bonds. The Morgan fingerprint density at radius 1 is 1.17 bits per heavy atom. The van der Waals surface area contributed by atoms with Crippen LogP contribution in [0.5, 0.6) is 5.75 Å². The third-order valence-corrected chi connectivity index (χ3v) is 2.71. The number of imidazole rings is 1. The first-order valence-electron chi connectivity index (χ1n) is 5.53. The maximum Gasteiger partial charge on any atom is 0.180 e. The van der Waals surface area contributed by atoms with Crippen LogP contribution in [0.3, 0.4) is 0 Å². The minimum absolute atomic E-state index is 0.464. The van der Waals surface area contributed by atoms with Crippen molar-refractivity contribution in [2.24, 2.45) is 0 Å². The molecule has 1 aromatic carbocycles. The molecule has 0 fully saturated rings. The summed E-state index contributed by atoms with van der Waals surface area (Å²) in [5, 5.41) is 0. The number of ether oxygens (including phenoxy) is 1. The van der Waals surface area contributed by atoms with Gasteiger partial charge in [0.05, 0.1) is 12.6 Å². The molecule has 0 saturated carbocycles. The van der Waals surface area contributed by atoms with E-state index in [1.807, 2.05) is 30.3 Å². The van der Waals surface area contributed by atoms with E-state index in [0.717, 1.165) is 22.7 Å². The topological polar surface area (TPSA) is 76.8 Å². The van der Waals surface area contributed by atoms with Crippen molar-refractivity contribution in [3.05, 3.63) is 36.4 Å². The summed E-state index contributed by atoms with van der Waals surface area (Å²) in [6.45, 7) is 0. The van der Waals surface area contributed by atoms with Crippen LogP contribution in [-0.2, 0) is 0 Å². The monoisotopic (exact) mass is 240 g/mol. The van der Waals surface area contributed by atoms with Gasteiger partial charge in [0.25, 0.3) is 0 Å². The van der Waals surface area contributed by atoms with E-state index in [0.29, 0.717) is 11.5 Å². The Balaban J connectivity index is 2.13. The molecule has 3 aromatic rings. The maximum atomic E-state index is 5.63. The molecule has 0 spiro atoms. The molecule has 0 aliphatic rings. The Kier molecular flexibility index (Phi) is 2.37. The Morgan fingerprint density at radius 2 is 2.06 bits per heavy atom. The smallest absolute Gasteiger partial charge is 0.180 e. The minimum Gasteiger partial charge on any atom is -0.497 e. The van der Waals surface area contributed by atoms with Crippen molar-refractivity contribution in [1.29, 1.82) is 0 Å². The molecule has 0 aliphatic heterocycles. The second kappa shape index (κ2) is 4.03. The number of methoxy groups -OCH3 is 1. The lowest BCUT2D eigenvalue weighted by Crippen LogP contribution is -1.88. The van der Waals surface area contributed by atoms with Crippen molar-refractivity contribution in [3.8, 4) is 17.1 Å². The predicted octanol–water partition coefficient (Wildman–Crippen LogP) is 2.22. The number of hydrogen-bond donors (Lipinski definition) is 2. The zero-order valence-electron chi connectivity index (χ0n) is 9.84. The molecule has 90 valence electrons. The fraction of sp³-hybridized carbons (Fsp3) is 0.0769. The molecular formula is C13H12N4O. The molecule has 0 unspecified atom stereocenters. The zero-order chi connectivity index (χ0) is 12.5. The van der Waals surface area contributed by atoms with Crippen molar-refractivity contribution >= 4 is 17.0 Å². The molecule has 3 rings (SSSR count). The van der Waals surface area contributed by atoms with Crippen LogP contribution in [0.4, 0.5) is 5.82 Å². The molecule has 2 aromatic heterocycles. The fourth-order valence-electron chi connectivity index (χ4n) is 1.81. The van der Waals surface area contributed by atoms with Crippen LogP contribution >= 0.6 is 0 Å². The third kappa shape index (κ3) is 1.75. The van der Waals surface area contributed by atoms with E-state index >= 15 is 0 Å². The van der Waals surface area contributed by atoms with E-state index in [1.54, 1.807) is 13.2 Å². The summed E-state index contributed by atoms with van der Waals surface area (Å²) in [6, 6.07) is 11.3. The lowest BCUT2D eigenvalue weighted by atomic mass is 10.2. The van der Waals surface area contributed by atoms with Crippen molar-refractivity contribution in [2.75, 3.05) is 12.8 Å². The van der Waals surface area contributed by atoms with Crippen LogP contribution < -0.4 is 10.5 Å². The number of aromatic nitrogens is 3. The number of rotatable bonds is 2.